The van der Waals surface area contributed by atoms with Crippen LogP contribution < -0.4 is 5.43 Å². The van der Waals surface area contributed by atoms with E-state index in [4.69, 9.17) is 16.9 Å². The number of hydrogen-bond acceptors (Lipinski definition) is 2. The highest BCUT2D eigenvalue weighted by atomic mass is 35.5. The first-order valence-electron chi connectivity index (χ1n) is 5.40. The van der Waals surface area contributed by atoms with Crippen LogP contribution in [0.25, 0.3) is 10.9 Å². The summed E-state index contributed by atoms with van der Waals surface area (Å²) in [5, 5.41) is 9.96. The molecule has 1 heterocycles. The summed E-state index contributed by atoms with van der Waals surface area (Å²) < 4.78 is 1.92. The fraction of sp³-hybridized carbons (Fsp3) is 0.231. The Labute approximate surface area is 104 Å². The zero-order valence-electron chi connectivity index (χ0n) is 9.40. The average molecular weight is 247 g/mol. The molecule has 0 fully saturated rings. The zero-order chi connectivity index (χ0) is 12.4. The van der Waals surface area contributed by atoms with Crippen molar-refractivity contribution in [3.05, 3.63) is 45.2 Å². The molecule has 3 nitrogen and oxygen atoms in total. The van der Waals surface area contributed by atoms with Gasteiger partial charge in [-0.2, -0.15) is 5.26 Å². The quantitative estimate of drug-likeness (QED) is 0.818. The molecule has 0 radical (unpaired) electrons. The second-order valence-corrected chi connectivity index (χ2v) is 4.28. The maximum Gasteiger partial charge on any atom is 0.207 e. The highest BCUT2D eigenvalue weighted by molar-refractivity contribution is 6.31. The van der Waals surface area contributed by atoms with E-state index < -0.39 is 0 Å². The molecule has 86 valence electrons. The lowest BCUT2D eigenvalue weighted by molar-refractivity contribution is 0.696. The van der Waals surface area contributed by atoms with Crippen LogP contribution in [0.4, 0.5) is 0 Å². The lowest BCUT2D eigenvalue weighted by atomic mass is 10.1. The van der Waals surface area contributed by atoms with Gasteiger partial charge in [-0.05, 0) is 24.6 Å². The van der Waals surface area contributed by atoms with Gasteiger partial charge < -0.3 is 4.57 Å². The number of rotatable bonds is 2. The molecule has 0 aliphatic carbocycles. The molecule has 0 aliphatic heterocycles. The van der Waals surface area contributed by atoms with E-state index in [2.05, 4.69) is 0 Å². The summed E-state index contributed by atoms with van der Waals surface area (Å²) >= 11 is 5.88. The van der Waals surface area contributed by atoms with Crippen molar-refractivity contribution >= 4 is 22.5 Å². The van der Waals surface area contributed by atoms with Gasteiger partial charge in [0.05, 0.1) is 5.52 Å². The van der Waals surface area contributed by atoms with E-state index >= 15 is 0 Å². The number of fused-ring (bicyclic) bond motifs is 1. The van der Waals surface area contributed by atoms with Gasteiger partial charge in [0, 0.05) is 23.2 Å². The summed E-state index contributed by atoms with van der Waals surface area (Å²) in [5.41, 5.74) is 0.728. The molecule has 0 amide bonds. The van der Waals surface area contributed by atoms with Crippen LogP contribution in [0, 0.1) is 11.3 Å². The minimum Gasteiger partial charge on any atom is -0.346 e. The third-order valence-electron chi connectivity index (χ3n) is 2.63. The fourth-order valence-electron chi connectivity index (χ4n) is 1.88. The molecule has 2 aromatic rings. The van der Waals surface area contributed by atoms with Crippen LogP contribution in [0.15, 0.2) is 29.2 Å². The Balaban J connectivity index is 2.88. The summed E-state index contributed by atoms with van der Waals surface area (Å²) in [5.74, 6) is 0. The molecule has 0 bridgehead atoms. The SMILES string of the molecule is CCCn1cc(C#N)c(=O)c2cc(Cl)ccc21. The minimum atomic E-state index is -0.252. The predicted molar refractivity (Wildman–Crippen MR) is 68.2 cm³/mol. The van der Waals surface area contributed by atoms with Gasteiger partial charge in [-0.15, -0.1) is 0 Å². The van der Waals surface area contributed by atoms with Crippen LogP contribution in [0.3, 0.4) is 0 Å². The maximum atomic E-state index is 12.0. The average Bonchev–Trinajstić information content (AvgIpc) is 2.33. The Morgan fingerprint density at radius 2 is 2.24 bits per heavy atom. The van der Waals surface area contributed by atoms with Crippen molar-refractivity contribution in [1.29, 1.82) is 5.26 Å². The van der Waals surface area contributed by atoms with E-state index in [0.717, 1.165) is 18.5 Å². The molecule has 0 aliphatic rings. The molecule has 0 spiro atoms. The lowest BCUT2D eigenvalue weighted by Crippen LogP contribution is -2.12. The van der Waals surface area contributed by atoms with Crippen molar-refractivity contribution in [2.45, 2.75) is 19.9 Å². The van der Waals surface area contributed by atoms with E-state index in [9.17, 15) is 4.79 Å². The Kier molecular flexibility index (Phi) is 3.16. The van der Waals surface area contributed by atoms with Crippen LogP contribution in [-0.4, -0.2) is 4.57 Å². The van der Waals surface area contributed by atoms with Crippen molar-refractivity contribution in [2.75, 3.05) is 0 Å². The first kappa shape index (κ1) is 11.7. The standard InChI is InChI=1S/C13H11ClN2O/c1-2-5-16-8-9(7-15)13(17)11-6-10(14)3-4-12(11)16/h3-4,6,8H,2,5H2,1H3. The third kappa shape index (κ3) is 2.04. The Morgan fingerprint density at radius 3 is 2.88 bits per heavy atom. The highest BCUT2D eigenvalue weighted by Crippen LogP contribution is 2.17. The number of hydrogen-bond donors (Lipinski definition) is 0. The number of aromatic nitrogens is 1. The summed E-state index contributed by atoms with van der Waals surface area (Å²) in [4.78, 5) is 12.0. The lowest BCUT2D eigenvalue weighted by Gasteiger charge is -2.10. The normalized spacial score (nSPS) is 10.4. The van der Waals surface area contributed by atoms with Crippen molar-refractivity contribution < 1.29 is 0 Å². The summed E-state index contributed by atoms with van der Waals surface area (Å²) in [6.07, 6.45) is 2.55. The number of benzene rings is 1. The van der Waals surface area contributed by atoms with Crippen LogP contribution in [-0.2, 0) is 6.54 Å². The van der Waals surface area contributed by atoms with E-state index in [1.807, 2.05) is 23.6 Å². The third-order valence-corrected chi connectivity index (χ3v) is 2.86. The summed E-state index contributed by atoms with van der Waals surface area (Å²) in [7, 11) is 0. The molecular formula is C13H11ClN2O. The van der Waals surface area contributed by atoms with E-state index in [1.54, 1.807) is 18.3 Å². The van der Waals surface area contributed by atoms with Gasteiger partial charge in [0.2, 0.25) is 5.43 Å². The molecule has 0 N–H and O–H groups in total. The first-order valence-corrected chi connectivity index (χ1v) is 5.78. The Morgan fingerprint density at radius 1 is 1.47 bits per heavy atom. The number of pyridine rings is 1. The van der Waals surface area contributed by atoms with Crippen molar-refractivity contribution in [3.63, 3.8) is 0 Å². The van der Waals surface area contributed by atoms with Crippen LogP contribution in [0.5, 0.6) is 0 Å². The molecule has 0 saturated carbocycles. The van der Waals surface area contributed by atoms with E-state index in [-0.39, 0.29) is 11.0 Å². The number of nitriles is 1. The molecule has 1 aromatic heterocycles. The van der Waals surface area contributed by atoms with Crippen molar-refractivity contribution in [2.24, 2.45) is 0 Å². The van der Waals surface area contributed by atoms with Crippen LogP contribution in [0.2, 0.25) is 5.02 Å². The molecule has 4 heteroatoms. The van der Waals surface area contributed by atoms with Gasteiger partial charge in [0.15, 0.2) is 0 Å². The van der Waals surface area contributed by atoms with Gasteiger partial charge in [-0.25, -0.2) is 0 Å². The van der Waals surface area contributed by atoms with Crippen LogP contribution >= 0.6 is 11.6 Å². The van der Waals surface area contributed by atoms with Gasteiger partial charge in [0.1, 0.15) is 11.6 Å². The topological polar surface area (TPSA) is 45.8 Å². The molecule has 17 heavy (non-hydrogen) atoms. The summed E-state index contributed by atoms with van der Waals surface area (Å²) in [6, 6.07) is 7.11. The molecule has 0 saturated heterocycles. The number of aryl methyl sites for hydroxylation is 1. The van der Waals surface area contributed by atoms with Crippen molar-refractivity contribution in [3.8, 4) is 6.07 Å². The minimum absolute atomic E-state index is 0.160. The predicted octanol–water partition coefficient (Wildman–Crippen LogP) is 2.94. The Bertz CT molecular complexity index is 667. The molecule has 2 rings (SSSR count). The van der Waals surface area contributed by atoms with Gasteiger partial charge >= 0.3 is 0 Å². The summed E-state index contributed by atoms with van der Waals surface area (Å²) in [6.45, 7) is 2.82. The largest absolute Gasteiger partial charge is 0.346 e. The molecule has 1 aromatic carbocycles. The number of halogens is 1. The van der Waals surface area contributed by atoms with Gasteiger partial charge in [-0.1, -0.05) is 18.5 Å². The zero-order valence-corrected chi connectivity index (χ0v) is 10.2. The first-order chi connectivity index (χ1) is 8.17. The highest BCUT2D eigenvalue weighted by Gasteiger charge is 2.08. The second-order valence-electron chi connectivity index (χ2n) is 3.84. The molecule has 0 atom stereocenters. The Hall–Kier alpha value is -1.79. The number of nitrogens with zero attached hydrogens (tertiary/aromatic N) is 2. The molecule has 0 unspecified atom stereocenters. The maximum absolute atomic E-state index is 12.0. The fourth-order valence-corrected chi connectivity index (χ4v) is 2.05. The van der Waals surface area contributed by atoms with Crippen molar-refractivity contribution in [1.82, 2.24) is 4.57 Å². The van der Waals surface area contributed by atoms with E-state index in [0.29, 0.717) is 10.4 Å². The van der Waals surface area contributed by atoms with Crippen LogP contribution in [0.1, 0.15) is 18.9 Å². The van der Waals surface area contributed by atoms with Gasteiger partial charge in [0.25, 0.3) is 0 Å². The molecular weight excluding hydrogens is 236 g/mol. The van der Waals surface area contributed by atoms with E-state index in [1.165, 1.54) is 0 Å². The second kappa shape index (κ2) is 4.60. The monoisotopic (exact) mass is 246 g/mol. The van der Waals surface area contributed by atoms with Gasteiger partial charge in [-0.3, -0.25) is 4.79 Å². The smallest absolute Gasteiger partial charge is 0.207 e.